The van der Waals surface area contributed by atoms with E-state index in [1.165, 1.54) is 26.9 Å². The molecule has 0 unspecified atom stereocenters. The predicted octanol–water partition coefficient (Wildman–Crippen LogP) is 15.6. The van der Waals surface area contributed by atoms with Crippen LogP contribution in [0.2, 0.25) is 0 Å². The molecule has 15 rings (SSSR count). The second-order valence-electron chi connectivity index (χ2n) is 18.0. The fourth-order valence-corrected chi connectivity index (χ4v) is 11.3. The largest absolute Gasteiger partial charge is 0.309 e. The third-order valence-electron chi connectivity index (χ3n) is 14.2. The highest BCUT2D eigenvalue weighted by Crippen LogP contribution is 2.47. The van der Waals surface area contributed by atoms with E-state index in [-0.39, 0.29) is 0 Å². The maximum atomic E-state index is 5.54. The summed E-state index contributed by atoms with van der Waals surface area (Å²) in [4.78, 5) is 16.3. The van der Waals surface area contributed by atoms with Gasteiger partial charge < -0.3 is 13.7 Å². The van der Waals surface area contributed by atoms with Gasteiger partial charge in [-0.05, 0) is 78.9 Å². The van der Waals surface area contributed by atoms with Crippen molar-refractivity contribution in [1.29, 1.82) is 0 Å². The van der Waals surface area contributed by atoms with Crippen LogP contribution in [0.5, 0.6) is 0 Å². The molecule has 0 aliphatic carbocycles. The molecule has 0 aliphatic rings. The molecule has 0 saturated carbocycles. The third-order valence-corrected chi connectivity index (χ3v) is 14.2. The summed E-state index contributed by atoms with van der Waals surface area (Å²) in [5.41, 5.74) is 13.9. The van der Waals surface area contributed by atoms with Crippen LogP contribution in [0.4, 0.5) is 0 Å². The molecular weight excluding hydrogens is 855 g/mol. The second-order valence-corrected chi connectivity index (χ2v) is 18.0. The third kappa shape index (κ3) is 5.54. The van der Waals surface area contributed by atoms with Crippen molar-refractivity contribution >= 4 is 87.2 Å². The molecule has 326 valence electrons. The first-order valence-electron chi connectivity index (χ1n) is 23.7. The maximum absolute atomic E-state index is 5.54. The van der Waals surface area contributed by atoms with Crippen molar-refractivity contribution in [2.24, 2.45) is 0 Å². The molecule has 5 aromatic heterocycles. The van der Waals surface area contributed by atoms with E-state index in [0.29, 0.717) is 17.6 Å². The summed E-state index contributed by atoms with van der Waals surface area (Å²) < 4.78 is 9.53. The quantitative estimate of drug-likeness (QED) is 0.167. The molecule has 0 aliphatic heterocycles. The van der Waals surface area contributed by atoms with Crippen molar-refractivity contribution in [3.05, 3.63) is 237 Å². The summed E-state index contributed by atoms with van der Waals surface area (Å²) >= 11 is 0. The summed E-state index contributed by atoms with van der Waals surface area (Å²) in [5, 5.41) is 9.28. The average Bonchev–Trinajstić information content (AvgIpc) is 4.16. The molecule has 0 radical (unpaired) electrons. The van der Waals surface area contributed by atoms with Gasteiger partial charge in [0.1, 0.15) is 0 Å². The standard InChI is InChI=1S/C63H39N7/c1-4-20-40(21-5-1)61-64-62(41-36-37-55-49(38-41)46-28-12-15-31-50(46)67(55)42-22-6-2-7-23-42)66-63(65-61)70-54-35-19-14-30-48(54)59-57(70)39-56(69-51-32-16-10-26-44(51)45-27-11-17-33-52(45)69)58-47-29-13-18-34-53(47)68(60(58)59)43-24-8-3-9-25-43/h1-39H. The van der Waals surface area contributed by atoms with Gasteiger partial charge in [0, 0.05) is 65.6 Å². The summed E-state index contributed by atoms with van der Waals surface area (Å²) in [6.07, 6.45) is 0. The molecule has 7 nitrogen and oxygen atoms in total. The minimum Gasteiger partial charge on any atom is -0.309 e. The molecular formula is C63H39N7. The number of hydrogen-bond acceptors (Lipinski definition) is 3. The topological polar surface area (TPSA) is 58.4 Å². The zero-order valence-electron chi connectivity index (χ0n) is 37.6. The summed E-state index contributed by atoms with van der Waals surface area (Å²) in [7, 11) is 0. The molecule has 0 saturated heterocycles. The van der Waals surface area contributed by atoms with E-state index in [9.17, 15) is 0 Å². The van der Waals surface area contributed by atoms with Crippen LogP contribution in [0, 0.1) is 0 Å². The van der Waals surface area contributed by atoms with Crippen molar-refractivity contribution in [2.75, 3.05) is 0 Å². The summed E-state index contributed by atoms with van der Waals surface area (Å²) in [6, 6.07) is 84.3. The molecule has 0 amide bonds. The SMILES string of the molecule is c1ccc(-c2nc(-c3ccc4c(c3)c3ccccc3n4-c3ccccc3)nc(-n3c4ccccc4c4c3cc(-n3c5ccccc5c5ccccc53)c3c5ccccc5n(-c5ccccc5)c34)n2)cc1. The van der Waals surface area contributed by atoms with Gasteiger partial charge >= 0.3 is 0 Å². The van der Waals surface area contributed by atoms with Gasteiger partial charge in [-0.25, -0.2) is 4.98 Å². The van der Waals surface area contributed by atoms with Crippen molar-refractivity contribution in [3.63, 3.8) is 0 Å². The first kappa shape index (κ1) is 38.5. The Morgan fingerprint density at radius 1 is 0.257 bits per heavy atom. The van der Waals surface area contributed by atoms with Gasteiger partial charge in [-0.3, -0.25) is 4.57 Å². The zero-order valence-corrected chi connectivity index (χ0v) is 37.6. The predicted molar refractivity (Wildman–Crippen MR) is 288 cm³/mol. The van der Waals surface area contributed by atoms with E-state index in [2.05, 4.69) is 237 Å². The number of rotatable bonds is 6. The molecule has 70 heavy (non-hydrogen) atoms. The lowest BCUT2D eigenvalue weighted by molar-refractivity contribution is 0.953. The van der Waals surface area contributed by atoms with Crippen LogP contribution in [-0.4, -0.2) is 33.2 Å². The number of hydrogen-bond donors (Lipinski definition) is 0. The van der Waals surface area contributed by atoms with Crippen LogP contribution in [0.1, 0.15) is 0 Å². The van der Waals surface area contributed by atoms with E-state index in [1.807, 2.05) is 18.2 Å². The number of para-hydroxylation sites is 7. The van der Waals surface area contributed by atoms with E-state index in [1.54, 1.807) is 0 Å². The molecule has 0 bridgehead atoms. The van der Waals surface area contributed by atoms with E-state index >= 15 is 0 Å². The lowest BCUT2D eigenvalue weighted by Crippen LogP contribution is -2.07. The average molecular weight is 894 g/mol. The molecule has 15 aromatic rings. The van der Waals surface area contributed by atoms with Gasteiger partial charge in [0.25, 0.3) is 0 Å². The smallest absolute Gasteiger partial charge is 0.238 e. The highest BCUT2D eigenvalue weighted by atomic mass is 15.2. The minimum atomic E-state index is 0.539. The van der Waals surface area contributed by atoms with Crippen molar-refractivity contribution < 1.29 is 0 Å². The molecule has 5 heterocycles. The van der Waals surface area contributed by atoms with Crippen LogP contribution >= 0.6 is 0 Å². The monoisotopic (exact) mass is 893 g/mol. The Morgan fingerprint density at radius 2 is 0.686 bits per heavy atom. The van der Waals surface area contributed by atoms with E-state index < -0.39 is 0 Å². The van der Waals surface area contributed by atoms with Gasteiger partial charge in [-0.2, -0.15) is 9.97 Å². The second kappa shape index (κ2) is 15.0. The van der Waals surface area contributed by atoms with Crippen LogP contribution in [0.25, 0.3) is 133 Å². The molecule has 0 N–H and O–H groups in total. The molecule has 7 heteroatoms. The normalized spacial score (nSPS) is 12.0. The first-order chi connectivity index (χ1) is 34.8. The maximum Gasteiger partial charge on any atom is 0.238 e. The first-order valence-corrected chi connectivity index (χ1v) is 23.7. The number of aromatic nitrogens is 7. The molecule has 0 atom stereocenters. The van der Waals surface area contributed by atoms with E-state index in [0.717, 1.165) is 88.5 Å². The van der Waals surface area contributed by atoms with Gasteiger partial charge in [0.2, 0.25) is 5.95 Å². The lowest BCUT2D eigenvalue weighted by atomic mass is 10.0. The Kier molecular flexibility index (Phi) is 8.23. The van der Waals surface area contributed by atoms with Gasteiger partial charge in [0.15, 0.2) is 11.6 Å². The molecule has 0 fully saturated rings. The number of nitrogens with zero attached hydrogens (tertiary/aromatic N) is 7. The Labute approximate surface area is 401 Å². The minimum absolute atomic E-state index is 0.539. The van der Waals surface area contributed by atoms with Crippen molar-refractivity contribution in [2.45, 2.75) is 0 Å². The van der Waals surface area contributed by atoms with Gasteiger partial charge in [0.05, 0.1) is 49.8 Å². The highest BCUT2D eigenvalue weighted by molar-refractivity contribution is 6.29. The Balaban J connectivity index is 1.09. The lowest BCUT2D eigenvalue weighted by Gasteiger charge is -2.15. The Bertz CT molecular complexity index is 4520. The number of benzene rings is 10. The fraction of sp³-hybridized carbons (Fsp3) is 0. The fourth-order valence-electron chi connectivity index (χ4n) is 11.3. The highest BCUT2D eigenvalue weighted by Gasteiger charge is 2.27. The van der Waals surface area contributed by atoms with Gasteiger partial charge in [-0.15, -0.1) is 0 Å². The van der Waals surface area contributed by atoms with Gasteiger partial charge in [-0.1, -0.05) is 158 Å². The van der Waals surface area contributed by atoms with Crippen LogP contribution in [0.15, 0.2) is 237 Å². The van der Waals surface area contributed by atoms with Crippen molar-refractivity contribution in [1.82, 2.24) is 33.2 Å². The molecule has 10 aromatic carbocycles. The number of fused-ring (bicyclic) bond motifs is 13. The van der Waals surface area contributed by atoms with Crippen LogP contribution in [-0.2, 0) is 0 Å². The zero-order chi connectivity index (χ0) is 45.9. The van der Waals surface area contributed by atoms with Crippen molar-refractivity contribution in [3.8, 4) is 45.8 Å². The Hall–Kier alpha value is -9.59. The van der Waals surface area contributed by atoms with E-state index in [4.69, 9.17) is 15.0 Å². The Morgan fingerprint density at radius 3 is 1.29 bits per heavy atom. The van der Waals surface area contributed by atoms with Crippen LogP contribution in [0.3, 0.4) is 0 Å². The summed E-state index contributed by atoms with van der Waals surface area (Å²) in [5.74, 6) is 1.73. The van der Waals surface area contributed by atoms with Crippen LogP contribution < -0.4 is 0 Å². The summed E-state index contributed by atoms with van der Waals surface area (Å²) in [6.45, 7) is 0. The molecule has 0 spiro atoms.